The van der Waals surface area contributed by atoms with Gasteiger partial charge in [0.2, 0.25) is 0 Å². The van der Waals surface area contributed by atoms with Crippen LogP contribution in [0.3, 0.4) is 0 Å². The third kappa shape index (κ3) is 3.94. The van der Waals surface area contributed by atoms with Crippen molar-refractivity contribution in [1.29, 1.82) is 0 Å². The van der Waals surface area contributed by atoms with Crippen LogP contribution in [0.4, 0.5) is 0 Å². The first kappa shape index (κ1) is 14.8. The predicted octanol–water partition coefficient (Wildman–Crippen LogP) is 3.64. The van der Waals surface area contributed by atoms with Crippen LogP contribution in [0, 0.1) is 5.92 Å². The lowest BCUT2D eigenvalue weighted by Crippen LogP contribution is -2.38. The number of pyridine rings is 1. The molecule has 0 saturated heterocycles. The van der Waals surface area contributed by atoms with E-state index in [9.17, 15) is 0 Å². The Bertz CT molecular complexity index is 551. The summed E-state index contributed by atoms with van der Waals surface area (Å²) in [6.45, 7) is 9.53. The Balaban J connectivity index is 2.11. The Morgan fingerprint density at radius 2 is 1.95 bits per heavy atom. The molecule has 1 N–H and O–H groups in total. The van der Waals surface area contributed by atoms with Gasteiger partial charge >= 0.3 is 0 Å². The van der Waals surface area contributed by atoms with E-state index >= 15 is 0 Å². The molecule has 1 aromatic heterocycles. The number of aromatic nitrogens is 1. The summed E-state index contributed by atoms with van der Waals surface area (Å²) in [5, 5.41) is 4.58. The Morgan fingerprint density at radius 3 is 2.65 bits per heavy atom. The fraction of sp³-hybridized carbons (Fsp3) is 0.471. The van der Waals surface area contributed by atoms with E-state index in [0.717, 1.165) is 23.2 Å². The molecule has 0 aliphatic carbocycles. The molecule has 0 spiro atoms. The number of fused-ring (bicyclic) bond motifs is 1. The topological polar surface area (TPSA) is 34.1 Å². The highest BCUT2D eigenvalue weighted by molar-refractivity contribution is 5.79. The lowest BCUT2D eigenvalue weighted by molar-refractivity contribution is 0.146. The molecule has 0 bridgehead atoms. The van der Waals surface area contributed by atoms with Crippen LogP contribution < -0.4 is 10.1 Å². The largest absolute Gasteiger partial charge is 0.489 e. The second-order valence-corrected chi connectivity index (χ2v) is 5.82. The second kappa shape index (κ2) is 6.71. The minimum atomic E-state index is 0.165. The molecule has 0 fully saturated rings. The molecule has 108 valence electrons. The van der Waals surface area contributed by atoms with Gasteiger partial charge in [-0.25, -0.2) is 0 Å². The van der Waals surface area contributed by atoms with Gasteiger partial charge in [-0.05, 0) is 24.1 Å². The molecule has 0 radical (unpaired) electrons. The SMILES string of the molecule is CC(C)NCC(Oc1ccc2cccnc2c1)C(C)C. The van der Waals surface area contributed by atoms with Gasteiger partial charge in [-0.15, -0.1) is 0 Å². The smallest absolute Gasteiger partial charge is 0.122 e. The second-order valence-electron chi connectivity index (χ2n) is 5.82. The molecule has 0 saturated carbocycles. The zero-order chi connectivity index (χ0) is 14.5. The lowest BCUT2D eigenvalue weighted by Gasteiger charge is -2.24. The maximum absolute atomic E-state index is 6.13. The minimum absolute atomic E-state index is 0.165. The van der Waals surface area contributed by atoms with Crippen LogP contribution in [-0.4, -0.2) is 23.7 Å². The number of nitrogens with one attached hydrogen (secondary N) is 1. The quantitative estimate of drug-likeness (QED) is 0.872. The van der Waals surface area contributed by atoms with Gasteiger partial charge in [0.15, 0.2) is 0 Å². The first-order chi connectivity index (χ1) is 9.56. The summed E-state index contributed by atoms with van der Waals surface area (Å²) in [6.07, 6.45) is 1.98. The van der Waals surface area contributed by atoms with Gasteiger partial charge in [0, 0.05) is 30.2 Å². The van der Waals surface area contributed by atoms with Gasteiger partial charge < -0.3 is 10.1 Å². The number of hydrogen-bond donors (Lipinski definition) is 1. The molecule has 0 aliphatic rings. The summed E-state index contributed by atoms with van der Waals surface area (Å²) in [7, 11) is 0. The van der Waals surface area contributed by atoms with Crippen molar-refractivity contribution in [1.82, 2.24) is 10.3 Å². The van der Waals surface area contributed by atoms with Crippen molar-refractivity contribution in [2.45, 2.75) is 39.8 Å². The summed E-state index contributed by atoms with van der Waals surface area (Å²) < 4.78 is 6.13. The van der Waals surface area contributed by atoms with Gasteiger partial charge in [0.25, 0.3) is 0 Å². The molecule has 1 aromatic carbocycles. The van der Waals surface area contributed by atoms with E-state index < -0.39 is 0 Å². The Labute approximate surface area is 121 Å². The van der Waals surface area contributed by atoms with Crippen molar-refractivity contribution in [2.24, 2.45) is 5.92 Å². The third-order valence-corrected chi connectivity index (χ3v) is 3.34. The minimum Gasteiger partial charge on any atom is -0.489 e. The highest BCUT2D eigenvalue weighted by Crippen LogP contribution is 2.21. The Kier molecular flexibility index (Phi) is 4.96. The fourth-order valence-corrected chi connectivity index (χ4v) is 2.06. The van der Waals surface area contributed by atoms with Crippen LogP contribution in [0.1, 0.15) is 27.7 Å². The molecule has 2 rings (SSSR count). The van der Waals surface area contributed by atoms with Crippen LogP contribution in [0.2, 0.25) is 0 Å². The Morgan fingerprint density at radius 1 is 1.15 bits per heavy atom. The molecule has 0 amide bonds. The number of hydrogen-bond acceptors (Lipinski definition) is 3. The maximum Gasteiger partial charge on any atom is 0.122 e. The molecule has 3 nitrogen and oxygen atoms in total. The summed E-state index contributed by atoms with van der Waals surface area (Å²) in [5.41, 5.74) is 0.976. The predicted molar refractivity (Wildman–Crippen MR) is 84.1 cm³/mol. The van der Waals surface area contributed by atoms with Crippen LogP contribution >= 0.6 is 0 Å². The number of benzene rings is 1. The first-order valence-electron chi connectivity index (χ1n) is 7.31. The van der Waals surface area contributed by atoms with E-state index in [1.807, 2.05) is 24.4 Å². The van der Waals surface area contributed by atoms with Crippen molar-refractivity contribution in [3.8, 4) is 5.75 Å². The highest BCUT2D eigenvalue weighted by atomic mass is 16.5. The van der Waals surface area contributed by atoms with E-state index in [1.165, 1.54) is 0 Å². The average Bonchev–Trinajstić information content (AvgIpc) is 2.42. The summed E-state index contributed by atoms with van der Waals surface area (Å²) >= 11 is 0. The maximum atomic E-state index is 6.13. The number of nitrogens with zero attached hydrogens (tertiary/aromatic N) is 1. The lowest BCUT2D eigenvalue weighted by atomic mass is 10.1. The summed E-state index contributed by atoms with van der Waals surface area (Å²) in [4.78, 5) is 4.37. The summed E-state index contributed by atoms with van der Waals surface area (Å²) in [6, 6.07) is 10.6. The van der Waals surface area contributed by atoms with Gasteiger partial charge in [-0.3, -0.25) is 4.98 Å². The van der Waals surface area contributed by atoms with E-state index in [-0.39, 0.29) is 6.10 Å². The van der Waals surface area contributed by atoms with Crippen molar-refractivity contribution < 1.29 is 4.74 Å². The van der Waals surface area contributed by atoms with E-state index in [4.69, 9.17) is 4.74 Å². The molecule has 0 aliphatic heterocycles. The molecular weight excluding hydrogens is 248 g/mol. The standard InChI is InChI=1S/C17H24N2O/c1-12(2)17(11-19-13(3)4)20-15-8-7-14-6-5-9-18-16(14)10-15/h5-10,12-13,17,19H,11H2,1-4H3. The van der Waals surface area contributed by atoms with Crippen molar-refractivity contribution in [2.75, 3.05) is 6.54 Å². The van der Waals surface area contributed by atoms with E-state index in [1.54, 1.807) is 0 Å². The zero-order valence-corrected chi connectivity index (χ0v) is 12.8. The van der Waals surface area contributed by atoms with Gasteiger partial charge in [0.05, 0.1) is 5.52 Å². The highest BCUT2D eigenvalue weighted by Gasteiger charge is 2.15. The normalized spacial score (nSPS) is 13.1. The first-order valence-corrected chi connectivity index (χ1v) is 7.31. The number of rotatable bonds is 6. The van der Waals surface area contributed by atoms with Crippen LogP contribution in [-0.2, 0) is 0 Å². The molecule has 1 unspecified atom stereocenters. The molecule has 20 heavy (non-hydrogen) atoms. The van der Waals surface area contributed by atoms with E-state index in [0.29, 0.717) is 12.0 Å². The number of ether oxygens (including phenoxy) is 1. The van der Waals surface area contributed by atoms with E-state index in [2.05, 4.69) is 50.1 Å². The molecule has 2 aromatic rings. The molecule has 1 heterocycles. The van der Waals surface area contributed by atoms with Crippen molar-refractivity contribution in [3.63, 3.8) is 0 Å². The monoisotopic (exact) mass is 272 g/mol. The summed E-state index contributed by atoms with van der Waals surface area (Å²) in [5.74, 6) is 1.35. The average molecular weight is 272 g/mol. The molecule has 3 heteroatoms. The van der Waals surface area contributed by atoms with Crippen molar-refractivity contribution >= 4 is 10.9 Å². The van der Waals surface area contributed by atoms with Gasteiger partial charge in [-0.1, -0.05) is 33.8 Å². The van der Waals surface area contributed by atoms with Crippen LogP contribution in [0.25, 0.3) is 10.9 Å². The molecule has 1 atom stereocenters. The third-order valence-electron chi connectivity index (χ3n) is 3.34. The molecular formula is C17H24N2O. The zero-order valence-electron chi connectivity index (χ0n) is 12.8. The van der Waals surface area contributed by atoms with Gasteiger partial charge in [-0.2, -0.15) is 0 Å². The van der Waals surface area contributed by atoms with Crippen molar-refractivity contribution in [3.05, 3.63) is 36.5 Å². The van der Waals surface area contributed by atoms with Crippen LogP contribution in [0.15, 0.2) is 36.5 Å². The fourth-order valence-electron chi connectivity index (χ4n) is 2.06. The van der Waals surface area contributed by atoms with Gasteiger partial charge in [0.1, 0.15) is 11.9 Å². The van der Waals surface area contributed by atoms with Crippen LogP contribution in [0.5, 0.6) is 5.75 Å². The Hall–Kier alpha value is -1.61.